The topological polar surface area (TPSA) is 21.3 Å². The molecule has 112 valence electrons. The molecule has 0 aromatic heterocycles. The van der Waals surface area contributed by atoms with Crippen molar-refractivity contribution in [3.8, 4) is 5.75 Å². The van der Waals surface area contributed by atoms with Crippen LogP contribution in [0.15, 0.2) is 42.5 Å². The molecule has 0 aliphatic heterocycles. The smallest absolute Gasteiger partial charge is 0.124 e. The van der Waals surface area contributed by atoms with Crippen molar-refractivity contribution in [1.29, 1.82) is 0 Å². The Hall–Kier alpha value is -1.80. The van der Waals surface area contributed by atoms with E-state index in [0.29, 0.717) is 6.61 Å². The summed E-state index contributed by atoms with van der Waals surface area (Å²) in [5.41, 5.74) is 5.18. The monoisotopic (exact) mass is 283 g/mol. The minimum Gasteiger partial charge on any atom is -0.494 e. The molecule has 0 amide bonds. The van der Waals surface area contributed by atoms with Gasteiger partial charge in [0.2, 0.25) is 0 Å². The minimum absolute atomic E-state index is 0.166. The molecule has 0 aliphatic rings. The molecule has 2 aromatic rings. The molecule has 0 fully saturated rings. The summed E-state index contributed by atoms with van der Waals surface area (Å²) in [6.45, 7) is 10.1. The van der Waals surface area contributed by atoms with Gasteiger partial charge in [0.25, 0.3) is 0 Å². The first-order valence-corrected chi connectivity index (χ1v) is 7.70. The second-order valence-corrected chi connectivity index (χ2v) is 5.27. The molecule has 0 radical (unpaired) electrons. The highest BCUT2D eigenvalue weighted by atomic mass is 16.5. The molecule has 1 unspecified atom stereocenters. The fourth-order valence-corrected chi connectivity index (χ4v) is 2.86. The Balaban J connectivity index is 2.54. The summed E-state index contributed by atoms with van der Waals surface area (Å²) in [7, 11) is 0. The molecule has 0 spiro atoms. The van der Waals surface area contributed by atoms with Crippen LogP contribution in [0.4, 0.5) is 0 Å². The van der Waals surface area contributed by atoms with Crippen LogP contribution < -0.4 is 10.1 Å². The average Bonchev–Trinajstić information content (AvgIpc) is 2.47. The molecule has 21 heavy (non-hydrogen) atoms. The average molecular weight is 283 g/mol. The van der Waals surface area contributed by atoms with Crippen LogP contribution in [-0.2, 0) is 0 Å². The maximum atomic E-state index is 5.83. The van der Waals surface area contributed by atoms with Gasteiger partial charge in [0.15, 0.2) is 0 Å². The molecular weight excluding hydrogens is 258 g/mol. The maximum absolute atomic E-state index is 5.83. The van der Waals surface area contributed by atoms with Crippen LogP contribution in [0.3, 0.4) is 0 Å². The second kappa shape index (κ2) is 7.28. The molecule has 1 N–H and O–H groups in total. The van der Waals surface area contributed by atoms with E-state index < -0.39 is 0 Å². The first-order valence-electron chi connectivity index (χ1n) is 7.70. The van der Waals surface area contributed by atoms with E-state index in [2.05, 4.69) is 62.5 Å². The molecule has 2 nitrogen and oxygen atoms in total. The molecular formula is C19H25NO. The van der Waals surface area contributed by atoms with Gasteiger partial charge in [-0.25, -0.2) is 0 Å². The zero-order chi connectivity index (χ0) is 15.2. The molecule has 2 aromatic carbocycles. The Bertz CT molecular complexity index is 572. The van der Waals surface area contributed by atoms with Crippen LogP contribution in [0.2, 0.25) is 0 Å². The van der Waals surface area contributed by atoms with E-state index in [9.17, 15) is 0 Å². The number of nitrogens with one attached hydrogen (secondary N) is 1. The fraction of sp³-hybridized carbons (Fsp3) is 0.368. The summed E-state index contributed by atoms with van der Waals surface area (Å²) in [4.78, 5) is 0. The third-order valence-electron chi connectivity index (χ3n) is 3.77. The Kier molecular flexibility index (Phi) is 5.40. The zero-order valence-electron chi connectivity index (χ0n) is 13.4. The summed E-state index contributed by atoms with van der Waals surface area (Å²) < 4.78 is 5.83. The number of benzene rings is 2. The third-order valence-corrected chi connectivity index (χ3v) is 3.77. The van der Waals surface area contributed by atoms with E-state index in [-0.39, 0.29) is 6.04 Å². The molecule has 0 aliphatic carbocycles. The van der Waals surface area contributed by atoms with Gasteiger partial charge in [0, 0.05) is 5.56 Å². The van der Waals surface area contributed by atoms with Crippen LogP contribution in [0.1, 0.15) is 42.1 Å². The number of aryl methyl sites for hydroxylation is 2. The van der Waals surface area contributed by atoms with Gasteiger partial charge < -0.3 is 10.1 Å². The number of ether oxygens (including phenoxy) is 1. The van der Waals surface area contributed by atoms with Gasteiger partial charge in [-0.05, 0) is 50.1 Å². The van der Waals surface area contributed by atoms with Crippen molar-refractivity contribution in [3.63, 3.8) is 0 Å². The molecule has 0 saturated heterocycles. The lowest BCUT2D eigenvalue weighted by atomic mass is 9.91. The van der Waals surface area contributed by atoms with E-state index in [0.717, 1.165) is 12.3 Å². The van der Waals surface area contributed by atoms with E-state index in [1.54, 1.807) is 0 Å². The van der Waals surface area contributed by atoms with Crippen molar-refractivity contribution in [1.82, 2.24) is 5.32 Å². The van der Waals surface area contributed by atoms with Gasteiger partial charge in [0.05, 0.1) is 12.6 Å². The SMILES string of the molecule is CCNC(c1ccccc1OCC)c1c(C)cccc1C. The van der Waals surface area contributed by atoms with Crippen molar-refractivity contribution in [2.75, 3.05) is 13.2 Å². The summed E-state index contributed by atoms with van der Waals surface area (Å²) in [6, 6.07) is 15.0. The fourth-order valence-electron chi connectivity index (χ4n) is 2.86. The molecule has 0 heterocycles. The molecule has 0 saturated carbocycles. The Morgan fingerprint density at radius 3 is 2.24 bits per heavy atom. The number of hydrogen-bond acceptors (Lipinski definition) is 2. The minimum atomic E-state index is 0.166. The van der Waals surface area contributed by atoms with Crippen LogP contribution in [0, 0.1) is 13.8 Å². The van der Waals surface area contributed by atoms with E-state index in [4.69, 9.17) is 4.74 Å². The molecule has 2 heteroatoms. The molecule has 1 atom stereocenters. The second-order valence-electron chi connectivity index (χ2n) is 5.27. The highest BCUT2D eigenvalue weighted by molar-refractivity contribution is 5.46. The summed E-state index contributed by atoms with van der Waals surface area (Å²) in [5, 5.41) is 3.62. The lowest BCUT2D eigenvalue weighted by Crippen LogP contribution is -2.24. The predicted molar refractivity (Wildman–Crippen MR) is 89.0 cm³/mol. The highest BCUT2D eigenvalue weighted by Gasteiger charge is 2.20. The van der Waals surface area contributed by atoms with Gasteiger partial charge in [-0.1, -0.05) is 43.3 Å². The number of rotatable bonds is 6. The Morgan fingerprint density at radius 1 is 0.952 bits per heavy atom. The first kappa shape index (κ1) is 15.6. The van der Waals surface area contributed by atoms with Crippen LogP contribution >= 0.6 is 0 Å². The van der Waals surface area contributed by atoms with E-state index >= 15 is 0 Å². The molecule has 2 rings (SSSR count). The normalized spacial score (nSPS) is 12.2. The first-order chi connectivity index (χ1) is 10.2. The van der Waals surface area contributed by atoms with Gasteiger partial charge in [0.1, 0.15) is 5.75 Å². The molecule has 0 bridgehead atoms. The van der Waals surface area contributed by atoms with Gasteiger partial charge >= 0.3 is 0 Å². The standard InChI is InChI=1S/C19H25NO/c1-5-20-19(18-14(3)10-9-11-15(18)4)16-12-7-8-13-17(16)21-6-2/h7-13,19-20H,5-6H2,1-4H3. The highest BCUT2D eigenvalue weighted by Crippen LogP contribution is 2.33. The van der Waals surface area contributed by atoms with Crippen molar-refractivity contribution in [2.45, 2.75) is 33.7 Å². The maximum Gasteiger partial charge on any atom is 0.124 e. The third kappa shape index (κ3) is 3.45. The zero-order valence-corrected chi connectivity index (χ0v) is 13.4. The van der Waals surface area contributed by atoms with Gasteiger partial charge in [-0.2, -0.15) is 0 Å². The Labute approximate surface area is 128 Å². The van der Waals surface area contributed by atoms with Crippen molar-refractivity contribution in [3.05, 3.63) is 64.7 Å². The van der Waals surface area contributed by atoms with Crippen LogP contribution in [0.25, 0.3) is 0 Å². The summed E-state index contributed by atoms with van der Waals surface area (Å²) >= 11 is 0. The van der Waals surface area contributed by atoms with Gasteiger partial charge in [-0.15, -0.1) is 0 Å². The quantitative estimate of drug-likeness (QED) is 0.848. The van der Waals surface area contributed by atoms with Crippen LogP contribution in [-0.4, -0.2) is 13.2 Å². The van der Waals surface area contributed by atoms with E-state index in [1.165, 1.54) is 22.3 Å². The number of hydrogen-bond donors (Lipinski definition) is 1. The van der Waals surface area contributed by atoms with E-state index in [1.807, 2.05) is 13.0 Å². The largest absolute Gasteiger partial charge is 0.494 e. The summed E-state index contributed by atoms with van der Waals surface area (Å²) in [6.07, 6.45) is 0. The van der Waals surface area contributed by atoms with Crippen molar-refractivity contribution < 1.29 is 4.74 Å². The van der Waals surface area contributed by atoms with Crippen molar-refractivity contribution in [2.24, 2.45) is 0 Å². The van der Waals surface area contributed by atoms with Gasteiger partial charge in [-0.3, -0.25) is 0 Å². The predicted octanol–water partition coefficient (Wildman–Crippen LogP) is 4.40. The van der Waals surface area contributed by atoms with Crippen LogP contribution in [0.5, 0.6) is 5.75 Å². The Morgan fingerprint density at radius 2 is 1.62 bits per heavy atom. The summed E-state index contributed by atoms with van der Waals surface area (Å²) in [5.74, 6) is 0.966. The van der Waals surface area contributed by atoms with Crippen molar-refractivity contribution >= 4 is 0 Å². The number of para-hydroxylation sites is 1. The lowest BCUT2D eigenvalue weighted by molar-refractivity contribution is 0.333. The lowest BCUT2D eigenvalue weighted by Gasteiger charge is -2.25.